The number of carbonyl (C=O) groups is 1. The summed E-state index contributed by atoms with van der Waals surface area (Å²) in [6, 6.07) is 9.82. The summed E-state index contributed by atoms with van der Waals surface area (Å²) in [6.07, 6.45) is -1.57. The van der Waals surface area contributed by atoms with E-state index >= 15 is 0 Å². The second-order valence-electron chi connectivity index (χ2n) is 6.23. The molecule has 0 spiro atoms. The van der Waals surface area contributed by atoms with E-state index in [-0.39, 0.29) is 10.2 Å². The summed E-state index contributed by atoms with van der Waals surface area (Å²) in [5.41, 5.74) is 7.01. The molecule has 3 rings (SSSR count). The fourth-order valence-corrected chi connectivity index (χ4v) is 3.94. The normalized spacial score (nSPS) is 26.5. The number of hydrogen-bond donors (Lipinski definition) is 1. The highest BCUT2D eigenvalue weighted by Crippen LogP contribution is 2.44. The minimum Gasteiger partial charge on any atom is -0.341 e. The van der Waals surface area contributed by atoms with Crippen molar-refractivity contribution in [2.45, 2.75) is 25.0 Å². The highest BCUT2D eigenvalue weighted by atomic mass is 127. The van der Waals surface area contributed by atoms with Crippen LogP contribution in [0, 0.1) is 5.92 Å². The van der Waals surface area contributed by atoms with Gasteiger partial charge in [-0.15, -0.1) is 0 Å². The van der Waals surface area contributed by atoms with Crippen LogP contribution >= 0.6 is 22.6 Å². The molecule has 0 bridgehead atoms. The molecule has 146 valence electrons. The Balaban J connectivity index is 1.84. The van der Waals surface area contributed by atoms with Crippen molar-refractivity contribution in [3.05, 3.63) is 69.1 Å². The molecule has 1 N–H and O–H groups in total. The van der Waals surface area contributed by atoms with Gasteiger partial charge in [0.25, 0.3) is 5.91 Å². The van der Waals surface area contributed by atoms with Crippen LogP contribution < -0.4 is 11.0 Å². The number of ether oxygens (including phenoxy) is 1. The zero-order valence-corrected chi connectivity index (χ0v) is 16.9. The van der Waals surface area contributed by atoms with E-state index in [1.165, 1.54) is 12.3 Å². The number of azide groups is 1. The van der Waals surface area contributed by atoms with Gasteiger partial charge in [-0.25, -0.2) is 9.18 Å². The number of anilines is 1. The van der Waals surface area contributed by atoms with Crippen LogP contribution in [0.15, 0.2) is 52.5 Å². The van der Waals surface area contributed by atoms with Crippen molar-refractivity contribution >= 4 is 34.3 Å². The van der Waals surface area contributed by atoms with Crippen LogP contribution in [0.5, 0.6) is 0 Å². The number of halogens is 2. The van der Waals surface area contributed by atoms with Crippen molar-refractivity contribution < 1.29 is 13.9 Å². The van der Waals surface area contributed by atoms with Gasteiger partial charge < -0.3 is 10.1 Å². The van der Waals surface area contributed by atoms with E-state index in [9.17, 15) is 14.0 Å². The number of nitrogens with zero attached hydrogens (tertiary/aromatic N) is 5. The zero-order chi connectivity index (χ0) is 20.3. The van der Waals surface area contributed by atoms with Gasteiger partial charge in [0, 0.05) is 27.0 Å². The van der Waals surface area contributed by atoms with Crippen molar-refractivity contribution in [2.75, 3.05) is 9.74 Å². The minimum absolute atomic E-state index is 0.0340. The molecule has 1 aromatic heterocycles. The summed E-state index contributed by atoms with van der Waals surface area (Å²) in [7, 11) is 0. The molecular weight excluding hydrogens is 482 g/mol. The van der Waals surface area contributed by atoms with E-state index in [4.69, 9.17) is 10.3 Å². The number of amides is 1. The van der Waals surface area contributed by atoms with Gasteiger partial charge in [-0.1, -0.05) is 52.8 Å². The predicted octanol–water partition coefficient (Wildman–Crippen LogP) is 3.44. The maximum atomic E-state index is 14.8. The van der Waals surface area contributed by atoms with E-state index in [2.05, 4.69) is 20.3 Å². The monoisotopic (exact) mass is 498 g/mol. The molecule has 2 aromatic rings. The Labute approximate surface area is 172 Å². The van der Waals surface area contributed by atoms with Crippen LogP contribution in [0.2, 0.25) is 0 Å². The lowest BCUT2D eigenvalue weighted by Crippen LogP contribution is -2.35. The molecule has 0 unspecified atom stereocenters. The number of nitrogens with one attached hydrogen (secondary N) is 1. The molecule has 1 saturated heterocycles. The van der Waals surface area contributed by atoms with Crippen LogP contribution in [0.25, 0.3) is 10.4 Å². The van der Waals surface area contributed by atoms with Crippen LogP contribution in [-0.4, -0.2) is 31.8 Å². The minimum atomic E-state index is -1.58. The molecule has 0 radical (unpaired) electrons. The van der Waals surface area contributed by atoms with Gasteiger partial charge in [-0.05, 0) is 23.7 Å². The molecule has 1 amide bonds. The number of rotatable bonds is 5. The van der Waals surface area contributed by atoms with Crippen LogP contribution in [0.4, 0.5) is 10.2 Å². The summed E-state index contributed by atoms with van der Waals surface area (Å²) < 4.78 is 21.7. The predicted molar refractivity (Wildman–Crippen MR) is 108 cm³/mol. The molecule has 1 aliphatic heterocycles. The average Bonchev–Trinajstić information content (AvgIpc) is 2.94. The molecular formula is C17H16FIN6O3. The highest BCUT2D eigenvalue weighted by molar-refractivity contribution is 14.1. The van der Waals surface area contributed by atoms with Gasteiger partial charge in [0.15, 0.2) is 18.1 Å². The highest BCUT2D eigenvalue weighted by Gasteiger charge is 2.53. The standard InChI is InChI=1S/C17H16FIN6O3/c1-10-13(18)15(28-17(10,9-19)23-24-20)25-8-7-12(22-16(25)27)21-14(26)11-5-3-2-4-6-11/h2-8,10,13,15H,9H2,1H3,(H,21,22,26,27)/t10-,13+,15+,17+/m0/s1. The Kier molecular flexibility index (Phi) is 5.96. The molecule has 2 heterocycles. The third-order valence-corrected chi connectivity index (χ3v) is 5.67. The Morgan fingerprint density at radius 2 is 2.18 bits per heavy atom. The quantitative estimate of drug-likeness (QED) is 0.223. The van der Waals surface area contributed by atoms with E-state index in [1.54, 1.807) is 37.3 Å². The molecule has 0 aliphatic carbocycles. The molecule has 4 atom stereocenters. The number of benzene rings is 1. The third-order valence-electron chi connectivity index (χ3n) is 4.57. The number of aromatic nitrogens is 2. The first-order valence-electron chi connectivity index (χ1n) is 8.31. The summed E-state index contributed by atoms with van der Waals surface area (Å²) in [5, 5.41) is 6.14. The summed E-state index contributed by atoms with van der Waals surface area (Å²) in [5.74, 6) is -1.15. The SMILES string of the molecule is C[C@H]1[C@@H](F)[C@H](n2ccc(NC(=O)c3ccccc3)nc2=O)O[C@@]1(CI)N=[N+]=[N-]. The van der Waals surface area contributed by atoms with Crippen molar-refractivity contribution in [3.8, 4) is 0 Å². The third kappa shape index (κ3) is 3.73. The molecule has 0 saturated carbocycles. The van der Waals surface area contributed by atoms with Gasteiger partial charge in [0.05, 0.1) is 0 Å². The van der Waals surface area contributed by atoms with Gasteiger partial charge in [-0.2, -0.15) is 4.98 Å². The largest absolute Gasteiger partial charge is 0.351 e. The Morgan fingerprint density at radius 3 is 2.79 bits per heavy atom. The topological polar surface area (TPSA) is 122 Å². The second kappa shape index (κ2) is 8.25. The van der Waals surface area contributed by atoms with Crippen LogP contribution in [-0.2, 0) is 4.74 Å². The number of hydrogen-bond acceptors (Lipinski definition) is 5. The Hall–Kier alpha value is -2.50. The first-order valence-corrected chi connectivity index (χ1v) is 9.84. The van der Waals surface area contributed by atoms with E-state index in [0.29, 0.717) is 5.56 Å². The van der Waals surface area contributed by atoms with Crippen molar-refractivity contribution in [3.63, 3.8) is 0 Å². The molecule has 1 aromatic carbocycles. The smallest absolute Gasteiger partial charge is 0.341 e. The van der Waals surface area contributed by atoms with Crippen molar-refractivity contribution in [2.24, 2.45) is 11.0 Å². The lowest BCUT2D eigenvalue weighted by atomic mass is 9.98. The summed E-state index contributed by atoms with van der Waals surface area (Å²) in [4.78, 5) is 31.1. The number of carbonyl (C=O) groups excluding carboxylic acids is 1. The van der Waals surface area contributed by atoms with E-state index in [1.807, 2.05) is 22.6 Å². The first kappa shape index (κ1) is 20.2. The first-order chi connectivity index (χ1) is 13.4. The molecule has 28 heavy (non-hydrogen) atoms. The maximum absolute atomic E-state index is 14.8. The zero-order valence-electron chi connectivity index (χ0n) is 14.7. The Bertz CT molecular complexity index is 980. The van der Waals surface area contributed by atoms with Gasteiger partial charge in [0.2, 0.25) is 0 Å². The fraction of sp³-hybridized carbons (Fsp3) is 0.353. The van der Waals surface area contributed by atoms with Crippen LogP contribution in [0.3, 0.4) is 0 Å². The van der Waals surface area contributed by atoms with Gasteiger partial charge >= 0.3 is 5.69 Å². The lowest BCUT2D eigenvalue weighted by Gasteiger charge is -2.24. The Morgan fingerprint density at radius 1 is 1.46 bits per heavy atom. The van der Waals surface area contributed by atoms with Crippen molar-refractivity contribution in [1.29, 1.82) is 0 Å². The second-order valence-corrected chi connectivity index (χ2v) is 6.99. The summed E-state index contributed by atoms with van der Waals surface area (Å²) >= 11 is 1.95. The molecule has 1 aliphatic rings. The molecule has 9 nitrogen and oxygen atoms in total. The molecule has 11 heteroatoms. The van der Waals surface area contributed by atoms with E-state index < -0.39 is 35.6 Å². The van der Waals surface area contributed by atoms with Crippen molar-refractivity contribution in [1.82, 2.24) is 9.55 Å². The van der Waals surface area contributed by atoms with Crippen LogP contribution in [0.1, 0.15) is 23.5 Å². The lowest BCUT2D eigenvalue weighted by molar-refractivity contribution is -0.0708. The maximum Gasteiger partial charge on any atom is 0.351 e. The molecule has 1 fully saturated rings. The van der Waals surface area contributed by atoms with Gasteiger partial charge in [0.1, 0.15) is 5.82 Å². The average molecular weight is 498 g/mol. The fourth-order valence-electron chi connectivity index (χ4n) is 2.91. The van der Waals surface area contributed by atoms with Gasteiger partial charge in [-0.3, -0.25) is 9.36 Å². The number of alkyl halides is 2. The summed E-state index contributed by atoms with van der Waals surface area (Å²) in [6.45, 7) is 1.56. The van der Waals surface area contributed by atoms with E-state index in [0.717, 1.165) is 4.57 Å².